The minimum atomic E-state index is -4.14. The van der Waals surface area contributed by atoms with Gasteiger partial charge in [0, 0.05) is 36.8 Å². The van der Waals surface area contributed by atoms with E-state index in [1.54, 1.807) is 29.2 Å². The molecule has 1 atom stereocenters. The van der Waals surface area contributed by atoms with E-state index in [4.69, 9.17) is 9.47 Å². The maximum Gasteiger partial charge on any atom is 0.390 e. The predicted octanol–water partition coefficient (Wildman–Crippen LogP) is 6.18. The Labute approximate surface area is 207 Å². The van der Waals surface area contributed by atoms with Crippen LogP contribution in [-0.4, -0.2) is 47.0 Å². The highest BCUT2D eigenvalue weighted by Crippen LogP contribution is 2.47. The number of fused-ring (bicyclic) bond motifs is 1. The van der Waals surface area contributed by atoms with Crippen molar-refractivity contribution in [1.82, 2.24) is 4.90 Å². The smallest absolute Gasteiger partial charge is 0.390 e. The first-order valence-corrected chi connectivity index (χ1v) is 11.7. The molecule has 0 saturated carbocycles. The molecule has 1 saturated heterocycles. The van der Waals surface area contributed by atoms with Crippen LogP contribution in [0.2, 0.25) is 0 Å². The van der Waals surface area contributed by atoms with Crippen LogP contribution < -0.4 is 9.47 Å². The van der Waals surface area contributed by atoms with Crippen molar-refractivity contribution in [3.8, 4) is 23.0 Å². The number of phenolic OH excluding ortho intramolecular Hbond substituents is 2. The van der Waals surface area contributed by atoms with Crippen molar-refractivity contribution in [2.75, 3.05) is 19.6 Å². The molecule has 0 spiro atoms. The lowest BCUT2D eigenvalue weighted by Crippen LogP contribution is -2.54. The highest BCUT2D eigenvalue weighted by atomic mass is 19.4. The highest BCUT2D eigenvalue weighted by molar-refractivity contribution is 5.95. The van der Waals surface area contributed by atoms with Gasteiger partial charge in [0.25, 0.3) is 0 Å². The maximum atomic E-state index is 12.4. The molecule has 0 aliphatic carbocycles. The van der Waals surface area contributed by atoms with Crippen LogP contribution in [0.4, 0.5) is 13.2 Å². The van der Waals surface area contributed by atoms with Gasteiger partial charge in [0.1, 0.15) is 35.2 Å². The van der Waals surface area contributed by atoms with Gasteiger partial charge in [-0.1, -0.05) is 24.3 Å². The standard InChI is InChI=1S/C28H26F3NO4/c1-17-24-11-8-21(34)14-25(24)36-27(26(17)18-2-6-20(33)7-3-18)19-4-9-22(10-5-19)35-23-15-32(16-23)13-12-28(29,30)31/h2-11,14,23,27,33-34H,12-13,15-16H2,1H3/t27-/m0/s1. The van der Waals surface area contributed by atoms with Crippen LogP contribution in [0.1, 0.15) is 36.1 Å². The number of ether oxygens (including phenoxy) is 2. The molecular weight excluding hydrogens is 471 g/mol. The average molecular weight is 498 g/mol. The van der Waals surface area contributed by atoms with E-state index < -0.39 is 18.7 Å². The molecule has 2 aliphatic rings. The predicted molar refractivity (Wildman–Crippen MR) is 130 cm³/mol. The van der Waals surface area contributed by atoms with Gasteiger partial charge in [0.2, 0.25) is 0 Å². The normalized spacial score (nSPS) is 18.4. The van der Waals surface area contributed by atoms with Gasteiger partial charge in [0.05, 0.1) is 6.42 Å². The van der Waals surface area contributed by atoms with E-state index in [-0.39, 0.29) is 24.1 Å². The van der Waals surface area contributed by atoms with Crippen LogP contribution in [-0.2, 0) is 0 Å². The maximum absolute atomic E-state index is 12.4. The second kappa shape index (κ2) is 9.43. The lowest BCUT2D eigenvalue weighted by atomic mass is 9.86. The minimum Gasteiger partial charge on any atom is -0.508 e. The van der Waals surface area contributed by atoms with Gasteiger partial charge in [-0.2, -0.15) is 13.2 Å². The number of benzene rings is 3. The summed E-state index contributed by atoms with van der Waals surface area (Å²) in [5, 5.41) is 19.7. The molecule has 8 heteroatoms. The van der Waals surface area contributed by atoms with E-state index in [0.29, 0.717) is 24.6 Å². The van der Waals surface area contributed by atoms with E-state index in [1.165, 1.54) is 0 Å². The lowest BCUT2D eigenvalue weighted by molar-refractivity contribution is -0.142. The quantitative estimate of drug-likeness (QED) is 0.426. The van der Waals surface area contributed by atoms with Crippen molar-refractivity contribution in [3.63, 3.8) is 0 Å². The van der Waals surface area contributed by atoms with Crippen molar-refractivity contribution in [2.24, 2.45) is 0 Å². The average Bonchev–Trinajstić information content (AvgIpc) is 2.81. The summed E-state index contributed by atoms with van der Waals surface area (Å²) < 4.78 is 49.5. The molecule has 5 rings (SSSR count). The Balaban J connectivity index is 1.34. The third-order valence-corrected chi connectivity index (χ3v) is 6.58. The lowest BCUT2D eigenvalue weighted by Gasteiger charge is -2.39. The topological polar surface area (TPSA) is 62.2 Å². The third-order valence-electron chi connectivity index (χ3n) is 6.58. The zero-order valence-corrected chi connectivity index (χ0v) is 19.6. The number of halogens is 3. The monoisotopic (exact) mass is 497 g/mol. The Bertz CT molecular complexity index is 1260. The van der Waals surface area contributed by atoms with Crippen molar-refractivity contribution >= 4 is 11.1 Å². The summed E-state index contributed by atoms with van der Waals surface area (Å²) in [6, 6.07) is 19.5. The molecule has 2 heterocycles. The van der Waals surface area contributed by atoms with Crippen LogP contribution in [0.25, 0.3) is 11.1 Å². The van der Waals surface area contributed by atoms with Gasteiger partial charge < -0.3 is 19.7 Å². The molecule has 188 valence electrons. The van der Waals surface area contributed by atoms with Crippen LogP contribution in [0.3, 0.4) is 0 Å². The zero-order valence-electron chi connectivity index (χ0n) is 19.6. The number of allylic oxidation sites excluding steroid dienone is 1. The summed E-state index contributed by atoms with van der Waals surface area (Å²) in [5.74, 6) is 1.50. The van der Waals surface area contributed by atoms with Crippen molar-refractivity contribution in [1.29, 1.82) is 0 Å². The summed E-state index contributed by atoms with van der Waals surface area (Å²) in [6.07, 6.45) is -5.56. The van der Waals surface area contributed by atoms with Crippen LogP contribution in [0.15, 0.2) is 66.7 Å². The van der Waals surface area contributed by atoms with E-state index in [9.17, 15) is 23.4 Å². The van der Waals surface area contributed by atoms with Gasteiger partial charge in [-0.25, -0.2) is 0 Å². The summed E-state index contributed by atoms with van der Waals surface area (Å²) in [7, 11) is 0. The van der Waals surface area contributed by atoms with Gasteiger partial charge in [-0.15, -0.1) is 0 Å². The van der Waals surface area contributed by atoms with Gasteiger partial charge in [-0.3, -0.25) is 4.90 Å². The molecule has 3 aromatic rings. The molecule has 0 amide bonds. The highest BCUT2D eigenvalue weighted by Gasteiger charge is 2.34. The fourth-order valence-electron chi connectivity index (χ4n) is 4.67. The first kappa shape index (κ1) is 24.1. The number of hydrogen-bond acceptors (Lipinski definition) is 5. The van der Waals surface area contributed by atoms with Crippen molar-refractivity contribution < 1.29 is 32.9 Å². The molecule has 3 aromatic carbocycles. The first-order valence-electron chi connectivity index (χ1n) is 11.7. The molecular formula is C28H26F3NO4. The fraction of sp³-hybridized carbons (Fsp3) is 0.286. The molecule has 0 unspecified atom stereocenters. The zero-order chi connectivity index (χ0) is 25.4. The van der Waals surface area contributed by atoms with Crippen molar-refractivity contribution in [3.05, 3.63) is 83.4 Å². The molecule has 5 nitrogen and oxygen atoms in total. The number of hydrogen-bond donors (Lipinski definition) is 2. The van der Waals surface area contributed by atoms with E-state index in [1.807, 2.05) is 49.4 Å². The van der Waals surface area contributed by atoms with E-state index in [0.717, 1.165) is 27.8 Å². The Morgan fingerprint density at radius 3 is 2.28 bits per heavy atom. The van der Waals surface area contributed by atoms with Crippen LogP contribution in [0.5, 0.6) is 23.0 Å². The molecule has 0 aromatic heterocycles. The number of nitrogens with zero attached hydrogens (tertiary/aromatic N) is 1. The third kappa shape index (κ3) is 5.14. The van der Waals surface area contributed by atoms with Crippen LogP contribution in [0, 0.1) is 0 Å². The Morgan fingerprint density at radius 2 is 1.61 bits per heavy atom. The second-order valence-electron chi connectivity index (χ2n) is 9.20. The number of likely N-dealkylation sites (tertiary alicyclic amines) is 1. The molecule has 36 heavy (non-hydrogen) atoms. The van der Waals surface area contributed by atoms with Crippen LogP contribution >= 0.6 is 0 Å². The Morgan fingerprint density at radius 1 is 0.944 bits per heavy atom. The van der Waals surface area contributed by atoms with Crippen molar-refractivity contribution in [2.45, 2.75) is 31.7 Å². The number of rotatable bonds is 6. The SMILES string of the molecule is CC1=C(c2ccc(O)cc2)[C@H](c2ccc(OC3CN(CCC(F)(F)F)C3)cc2)Oc2cc(O)ccc21. The largest absolute Gasteiger partial charge is 0.508 e. The van der Waals surface area contributed by atoms with Gasteiger partial charge >= 0.3 is 6.18 Å². The molecule has 2 aliphatic heterocycles. The summed E-state index contributed by atoms with van der Waals surface area (Å²) >= 11 is 0. The molecule has 1 fully saturated rings. The van der Waals surface area contributed by atoms with E-state index in [2.05, 4.69) is 0 Å². The minimum absolute atomic E-state index is 0.00985. The number of alkyl halides is 3. The summed E-state index contributed by atoms with van der Waals surface area (Å²) in [4.78, 5) is 1.73. The number of phenols is 2. The van der Waals surface area contributed by atoms with E-state index >= 15 is 0 Å². The molecule has 0 radical (unpaired) electrons. The van der Waals surface area contributed by atoms with Gasteiger partial charge in [-0.05, 0) is 60.0 Å². The Kier molecular flexibility index (Phi) is 6.30. The first-order chi connectivity index (χ1) is 17.2. The fourth-order valence-corrected chi connectivity index (χ4v) is 4.67. The second-order valence-corrected chi connectivity index (χ2v) is 9.20. The summed E-state index contributed by atoms with van der Waals surface area (Å²) in [5.41, 5.74) is 4.61. The molecule has 2 N–H and O–H groups in total. The summed E-state index contributed by atoms with van der Waals surface area (Å²) in [6.45, 7) is 2.93. The number of aromatic hydroxyl groups is 2. The Hall–Kier alpha value is -3.65. The molecule has 0 bridgehead atoms. The van der Waals surface area contributed by atoms with Gasteiger partial charge in [0.15, 0.2) is 0 Å².